The monoisotopic (exact) mass is 437 g/mol. The van der Waals surface area contributed by atoms with E-state index >= 15 is 0 Å². The first kappa shape index (κ1) is 21.6. The van der Waals surface area contributed by atoms with Gasteiger partial charge in [0.25, 0.3) is 5.91 Å². The molecule has 0 spiro atoms. The maximum Gasteiger partial charge on any atom is 0.416 e. The number of nitrogens with zero attached hydrogens (tertiary/aromatic N) is 4. The molecule has 3 rings (SSSR count). The van der Waals surface area contributed by atoms with Gasteiger partial charge >= 0.3 is 6.18 Å². The molecule has 11 heteroatoms. The molecule has 7 nitrogen and oxygen atoms in total. The summed E-state index contributed by atoms with van der Waals surface area (Å²) in [4.78, 5) is 24.8. The van der Waals surface area contributed by atoms with Crippen LogP contribution in [0.25, 0.3) is 5.69 Å². The van der Waals surface area contributed by atoms with Gasteiger partial charge in [-0.05, 0) is 31.5 Å². The first-order valence-corrected chi connectivity index (χ1v) is 9.93. The normalized spacial score (nSPS) is 11.5. The minimum absolute atomic E-state index is 0.0779. The van der Waals surface area contributed by atoms with Crippen LogP contribution in [0, 0.1) is 6.92 Å². The van der Waals surface area contributed by atoms with Gasteiger partial charge in [0.2, 0.25) is 10.6 Å². The van der Waals surface area contributed by atoms with E-state index in [-0.39, 0.29) is 16.5 Å². The summed E-state index contributed by atoms with van der Waals surface area (Å²) >= 11 is 1.19. The van der Waals surface area contributed by atoms with Gasteiger partial charge in [-0.3, -0.25) is 14.9 Å². The molecule has 2 aromatic heterocycles. The number of nitrogens with one attached hydrogen (secondary N) is 1. The fourth-order valence-corrected chi connectivity index (χ4v) is 3.45. The number of carbonyl (C=O) groups excluding carboxylic acids is 1. The highest BCUT2D eigenvalue weighted by molar-refractivity contribution is 7.15. The fourth-order valence-electron chi connectivity index (χ4n) is 2.67. The number of aryl methyl sites for hydroxylation is 2. The van der Waals surface area contributed by atoms with Crippen LogP contribution in [0.5, 0.6) is 0 Å². The number of aromatic nitrogens is 4. The number of alkyl halides is 3. The second kappa shape index (κ2) is 8.74. The molecule has 1 amide bonds. The lowest BCUT2D eigenvalue weighted by Crippen LogP contribution is -2.27. The third kappa shape index (κ3) is 4.90. The summed E-state index contributed by atoms with van der Waals surface area (Å²) in [6, 6.07) is 5.62. The zero-order chi connectivity index (χ0) is 21.9. The fraction of sp³-hybridized carbons (Fsp3) is 0.316. The molecule has 3 aromatic rings. The van der Waals surface area contributed by atoms with Crippen molar-refractivity contribution in [2.45, 2.75) is 39.3 Å². The number of rotatable bonds is 6. The van der Waals surface area contributed by atoms with Gasteiger partial charge in [-0.2, -0.15) is 18.3 Å². The minimum Gasteiger partial charge on any atom is -0.295 e. The highest BCUT2D eigenvalue weighted by Crippen LogP contribution is 2.30. The van der Waals surface area contributed by atoms with Crippen molar-refractivity contribution in [3.63, 3.8) is 0 Å². The Kier molecular flexibility index (Phi) is 6.30. The van der Waals surface area contributed by atoms with Gasteiger partial charge in [-0.15, -0.1) is 10.2 Å². The molecule has 0 aliphatic carbocycles. The lowest BCUT2D eigenvalue weighted by molar-refractivity contribution is -0.137. The number of carbonyl (C=O) groups is 1. The van der Waals surface area contributed by atoms with E-state index in [1.165, 1.54) is 30.4 Å². The summed E-state index contributed by atoms with van der Waals surface area (Å²) in [5.74, 6) is -0.807. The van der Waals surface area contributed by atoms with Gasteiger partial charge in [-0.1, -0.05) is 30.7 Å². The van der Waals surface area contributed by atoms with Crippen LogP contribution in [0.15, 0.2) is 35.1 Å². The van der Waals surface area contributed by atoms with E-state index in [1.807, 2.05) is 6.92 Å². The summed E-state index contributed by atoms with van der Waals surface area (Å²) in [5.41, 5.74) is -1.60. The molecule has 0 atom stereocenters. The van der Waals surface area contributed by atoms with E-state index in [0.717, 1.165) is 47.2 Å². The number of hydrogen-bond acceptors (Lipinski definition) is 6. The third-order valence-electron chi connectivity index (χ3n) is 4.17. The van der Waals surface area contributed by atoms with Crippen molar-refractivity contribution in [3.05, 3.63) is 62.5 Å². The van der Waals surface area contributed by atoms with Crippen LogP contribution in [0.3, 0.4) is 0 Å². The molecule has 2 heterocycles. The van der Waals surface area contributed by atoms with Crippen LogP contribution < -0.4 is 10.7 Å². The molecule has 0 saturated carbocycles. The lowest BCUT2D eigenvalue weighted by atomic mass is 10.2. The van der Waals surface area contributed by atoms with Crippen molar-refractivity contribution < 1.29 is 18.0 Å². The summed E-state index contributed by atoms with van der Waals surface area (Å²) in [5, 5.41) is 15.3. The van der Waals surface area contributed by atoms with Crippen molar-refractivity contribution in [3.8, 4) is 5.69 Å². The van der Waals surface area contributed by atoms with E-state index in [0.29, 0.717) is 0 Å². The molecule has 0 radical (unpaired) electrons. The van der Waals surface area contributed by atoms with E-state index in [4.69, 9.17) is 0 Å². The summed E-state index contributed by atoms with van der Waals surface area (Å²) in [6.45, 7) is 3.56. The summed E-state index contributed by atoms with van der Waals surface area (Å²) in [6.07, 6.45) is -1.88. The van der Waals surface area contributed by atoms with Crippen LogP contribution in [0.2, 0.25) is 0 Å². The number of hydrogen-bond donors (Lipinski definition) is 1. The standard InChI is InChI=1S/C19H18F3N5O2S/c1-3-4-8-15-24-25-18(30-15)23-17(29)16-14(28)9-11(2)27(26-16)13-7-5-6-12(10-13)19(20,21)22/h5-7,9-10H,3-4,8H2,1-2H3,(H,23,25,29). The average molecular weight is 437 g/mol. The second-order valence-electron chi connectivity index (χ2n) is 6.52. The zero-order valence-corrected chi connectivity index (χ0v) is 17.0. The SMILES string of the molecule is CCCCc1nnc(NC(=O)c2nn(-c3cccc(C(F)(F)F)c3)c(C)cc2=O)s1. The van der Waals surface area contributed by atoms with Crippen molar-refractivity contribution in [1.82, 2.24) is 20.0 Å². The summed E-state index contributed by atoms with van der Waals surface area (Å²) in [7, 11) is 0. The first-order valence-electron chi connectivity index (χ1n) is 9.11. The maximum absolute atomic E-state index is 13.0. The van der Waals surface area contributed by atoms with Crippen molar-refractivity contribution in [2.75, 3.05) is 5.32 Å². The molecule has 0 saturated heterocycles. The topological polar surface area (TPSA) is 89.8 Å². The number of amides is 1. The van der Waals surface area contributed by atoms with Gasteiger partial charge in [-0.25, -0.2) is 4.68 Å². The quantitative estimate of drug-likeness (QED) is 0.630. The Hall–Kier alpha value is -3.08. The third-order valence-corrected chi connectivity index (χ3v) is 5.07. The predicted molar refractivity (Wildman–Crippen MR) is 106 cm³/mol. The van der Waals surface area contributed by atoms with E-state index in [2.05, 4.69) is 20.6 Å². The van der Waals surface area contributed by atoms with Crippen LogP contribution in [0.1, 0.15) is 46.5 Å². The highest BCUT2D eigenvalue weighted by atomic mass is 32.1. The van der Waals surface area contributed by atoms with E-state index in [1.54, 1.807) is 0 Å². The van der Waals surface area contributed by atoms with Crippen LogP contribution in [-0.2, 0) is 12.6 Å². The largest absolute Gasteiger partial charge is 0.416 e. The summed E-state index contributed by atoms with van der Waals surface area (Å²) < 4.78 is 40.2. The van der Waals surface area contributed by atoms with Crippen molar-refractivity contribution in [2.24, 2.45) is 0 Å². The van der Waals surface area contributed by atoms with Crippen molar-refractivity contribution >= 4 is 22.4 Å². The lowest BCUT2D eigenvalue weighted by Gasteiger charge is -2.13. The Labute approximate surface area is 173 Å². The van der Waals surface area contributed by atoms with E-state index in [9.17, 15) is 22.8 Å². The molecule has 1 N–H and O–H groups in total. The molecule has 0 fully saturated rings. The van der Waals surface area contributed by atoms with Crippen LogP contribution >= 0.6 is 11.3 Å². The number of halogens is 3. The second-order valence-corrected chi connectivity index (χ2v) is 7.58. The van der Waals surface area contributed by atoms with Crippen LogP contribution in [-0.4, -0.2) is 25.9 Å². The molecule has 1 aromatic carbocycles. The number of anilines is 1. The van der Waals surface area contributed by atoms with E-state index < -0.39 is 28.8 Å². The van der Waals surface area contributed by atoms with Crippen LogP contribution in [0.4, 0.5) is 18.3 Å². The Balaban J connectivity index is 1.91. The Morgan fingerprint density at radius 2 is 2.00 bits per heavy atom. The average Bonchev–Trinajstić information content (AvgIpc) is 3.13. The highest BCUT2D eigenvalue weighted by Gasteiger charge is 2.30. The van der Waals surface area contributed by atoms with Crippen molar-refractivity contribution in [1.29, 1.82) is 0 Å². The molecule has 30 heavy (non-hydrogen) atoms. The van der Waals surface area contributed by atoms with Gasteiger partial charge in [0.15, 0.2) is 5.69 Å². The predicted octanol–water partition coefficient (Wildman–Crippen LogP) is 4.01. The molecular weight excluding hydrogens is 419 g/mol. The Morgan fingerprint density at radius 3 is 2.70 bits per heavy atom. The molecule has 0 aliphatic heterocycles. The number of unbranched alkanes of at least 4 members (excludes halogenated alkanes) is 1. The zero-order valence-electron chi connectivity index (χ0n) is 16.2. The molecular formula is C19H18F3N5O2S. The number of benzene rings is 1. The Morgan fingerprint density at radius 1 is 1.23 bits per heavy atom. The molecule has 0 aliphatic rings. The van der Waals surface area contributed by atoms with Gasteiger partial charge in [0.05, 0.1) is 11.3 Å². The molecule has 158 valence electrons. The van der Waals surface area contributed by atoms with Gasteiger partial charge < -0.3 is 0 Å². The Bertz CT molecular complexity index is 1120. The maximum atomic E-state index is 13.0. The minimum atomic E-state index is -4.53. The van der Waals surface area contributed by atoms with Gasteiger partial charge in [0, 0.05) is 18.2 Å². The molecule has 0 bridgehead atoms. The first-order chi connectivity index (χ1) is 14.2. The smallest absolute Gasteiger partial charge is 0.295 e. The molecule has 0 unspecified atom stereocenters. The van der Waals surface area contributed by atoms with Gasteiger partial charge in [0.1, 0.15) is 5.01 Å².